The Morgan fingerprint density at radius 3 is 2.67 bits per heavy atom. The second-order valence-electron chi connectivity index (χ2n) is 5.52. The molecule has 2 heterocycles. The Bertz CT molecular complexity index is 793. The van der Waals surface area contributed by atoms with Crippen molar-refractivity contribution in [3.8, 4) is 11.4 Å². The van der Waals surface area contributed by atoms with Gasteiger partial charge in [0.15, 0.2) is 11.0 Å². The maximum Gasteiger partial charge on any atom is 0.191 e. The Labute approximate surface area is 149 Å². The topological polar surface area (TPSA) is 30.7 Å². The molecule has 0 saturated heterocycles. The van der Waals surface area contributed by atoms with E-state index in [2.05, 4.69) is 40.1 Å². The van der Waals surface area contributed by atoms with Crippen LogP contribution in [0.1, 0.15) is 30.7 Å². The standard InChI is InChI=1S/C18H20FN3S2/c1-3-5-16-10-14(12-23-16)17-20-21-18(22(17)4-2)24-11-13-6-8-15(19)9-7-13/h6-10,12H,3-5,11H2,1-2H3. The van der Waals surface area contributed by atoms with Crippen LogP contribution in [0.2, 0.25) is 0 Å². The van der Waals surface area contributed by atoms with E-state index < -0.39 is 0 Å². The highest BCUT2D eigenvalue weighted by atomic mass is 32.2. The van der Waals surface area contributed by atoms with Gasteiger partial charge in [-0.15, -0.1) is 21.5 Å². The summed E-state index contributed by atoms with van der Waals surface area (Å²) in [6.45, 7) is 5.12. The molecule has 0 N–H and O–H groups in total. The number of aryl methyl sites for hydroxylation is 1. The van der Waals surface area contributed by atoms with Gasteiger partial charge in [0.2, 0.25) is 0 Å². The molecule has 0 saturated carbocycles. The molecule has 0 spiro atoms. The average Bonchev–Trinajstić information content (AvgIpc) is 3.21. The summed E-state index contributed by atoms with van der Waals surface area (Å²) in [6.07, 6.45) is 2.26. The van der Waals surface area contributed by atoms with Gasteiger partial charge < -0.3 is 4.57 Å². The maximum atomic E-state index is 13.0. The summed E-state index contributed by atoms with van der Waals surface area (Å²) >= 11 is 3.42. The predicted octanol–water partition coefficient (Wildman–Crippen LogP) is 5.41. The van der Waals surface area contributed by atoms with Gasteiger partial charge in [0.05, 0.1) is 0 Å². The molecule has 0 amide bonds. The van der Waals surface area contributed by atoms with Crippen LogP contribution in [0.25, 0.3) is 11.4 Å². The first kappa shape index (κ1) is 17.2. The Morgan fingerprint density at radius 1 is 1.17 bits per heavy atom. The van der Waals surface area contributed by atoms with Crippen molar-refractivity contribution >= 4 is 23.1 Å². The molecule has 0 bridgehead atoms. The molecule has 24 heavy (non-hydrogen) atoms. The van der Waals surface area contributed by atoms with Crippen LogP contribution < -0.4 is 0 Å². The average molecular weight is 362 g/mol. The minimum atomic E-state index is -0.205. The lowest BCUT2D eigenvalue weighted by Crippen LogP contribution is -1.99. The Balaban J connectivity index is 1.77. The molecule has 2 aromatic heterocycles. The van der Waals surface area contributed by atoms with Gasteiger partial charge in [0, 0.05) is 28.1 Å². The van der Waals surface area contributed by atoms with Crippen molar-refractivity contribution in [2.24, 2.45) is 0 Å². The van der Waals surface area contributed by atoms with Crippen LogP contribution in [-0.2, 0) is 18.7 Å². The van der Waals surface area contributed by atoms with Gasteiger partial charge in [0.25, 0.3) is 0 Å². The smallest absolute Gasteiger partial charge is 0.191 e. The highest BCUT2D eigenvalue weighted by Gasteiger charge is 2.14. The minimum absolute atomic E-state index is 0.205. The van der Waals surface area contributed by atoms with Crippen molar-refractivity contribution in [3.05, 3.63) is 52.0 Å². The van der Waals surface area contributed by atoms with Crippen LogP contribution >= 0.6 is 23.1 Å². The first-order chi connectivity index (χ1) is 11.7. The number of rotatable bonds is 7. The highest BCUT2D eigenvalue weighted by Crippen LogP contribution is 2.29. The van der Waals surface area contributed by atoms with Gasteiger partial charge in [-0.3, -0.25) is 0 Å². The molecule has 3 rings (SSSR count). The van der Waals surface area contributed by atoms with Crippen molar-refractivity contribution in [2.45, 2.75) is 44.1 Å². The fourth-order valence-corrected chi connectivity index (χ4v) is 4.42. The molecule has 0 radical (unpaired) electrons. The Hall–Kier alpha value is -1.66. The number of hydrogen-bond acceptors (Lipinski definition) is 4. The molecule has 0 aliphatic carbocycles. The largest absolute Gasteiger partial charge is 0.302 e. The van der Waals surface area contributed by atoms with E-state index in [9.17, 15) is 4.39 Å². The lowest BCUT2D eigenvalue weighted by atomic mass is 10.2. The number of nitrogens with zero attached hydrogens (tertiary/aromatic N) is 3. The SMILES string of the molecule is CCCc1cc(-c2nnc(SCc3ccc(F)cc3)n2CC)cs1. The van der Waals surface area contributed by atoms with Crippen LogP contribution in [0.15, 0.2) is 40.9 Å². The predicted molar refractivity (Wildman–Crippen MR) is 99.0 cm³/mol. The van der Waals surface area contributed by atoms with E-state index in [0.29, 0.717) is 0 Å². The lowest BCUT2D eigenvalue weighted by Gasteiger charge is -2.06. The molecule has 0 unspecified atom stereocenters. The Morgan fingerprint density at radius 2 is 1.96 bits per heavy atom. The maximum absolute atomic E-state index is 13.0. The number of halogens is 1. The molecular weight excluding hydrogens is 341 g/mol. The van der Waals surface area contributed by atoms with E-state index in [0.717, 1.165) is 47.2 Å². The van der Waals surface area contributed by atoms with Crippen LogP contribution in [0.5, 0.6) is 0 Å². The van der Waals surface area contributed by atoms with Crippen molar-refractivity contribution in [3.63, 3.8) is 0 Å². The van der Waals surface area contributed by atoms with E-state index in [1.54, 1.807) is 23.1 Å². The van der Waals surface area contributed by atoms with E-state index >= 15 is 0 Å². The number of aromatic nitrogens is 3. The van der Waals surface area contributed by atoms with E-state index in [-0.39, 0.29) is 5.82 Å². The second kappa shape index (κ2) is 7.94. The zero-order valence-corrected chi connectivity index (χ0v) is 15.5. The molecule has 0 fully saturated rings. The first-order valence-corrected chi connectivity index (χ1v) is 9.96. The van der Waals surface area contributed by atoms with Gasteiger partial charge in [-0.1, -0.05) is 37.2 Å². The molecule has 1 aromatic carbocycles. The summed E-state index contributed by atoms with van der Waals surface area (Å²) in [7, 11) is 0. The van der Waals surface area contributed by atoms with Gasteiger partial charge >= 0.3 is 0 Å². The number of thiophene rings is 1. The van der Waals surface area contributed by atoms with Gasteiger partial charge in [0.1, 0.15) is 5.82 Å². The van der Waals surface area contributed by atoms with E-state index in [1.807, 2.05) is 12.1 Å². The van der Waals surface area contributed by atoms with Crippen LogP contribution in [0.4, 0.5) is 4.39 Å². The van der Waals surface area contributed by atoms with Gasteiger partial charge in [-0.2, -0.15) is 0 Å². The normalized spacial score (nSPS) is 11.1. The fraction of sp³-hybridized carbons (Fsp3) is 0.333. The Kier molecular flexibility index (Phi) is 5.68. The lowest BCUT2D eigenvalue weighted by molar-refractivity contribution is 0.627. The number of hydrogen-bond donors (Lipinski definition) is 0. The number of benzene rings is 1. The highest BCUT2D eigenvalue weighted by molar-refractivity contribution is 7.98. The summed E-state index contributed by atoms with van der Waals surface area (Å²) in [5.41, 5.74) is 2.22. The molecule has 126 valence electrons. The van der Waals surface area contributed by atoms with Crippen LogP contribution in [0.3, 0.4) is 0 Å². The van der Waals surface area contributed by atoms with Crippen molar-refractivity contribution < 1.29 is 4.39 Å². The molecule has 0 aliphatic rings. The molecule has 3 aromatic rings. The number of thioether (sulfide) groups is 1. The third-order valence-corrected chi connectivity index (χ3v) is 5.76. The van der Waals surface area contributed by atoms with Gasteiger partial charge in [-0.25, -0.2) is 4.39 Å². The summed E-state index contributed by atoms with van der Waals surface area (Å²) in [6, 6.07) is 8.83. The first-order valence-electron chi connectivity index (χ1n) is 8.09. The monoisotopic (exact) mass is 361 g/mol. The van der Waals surface area contributed by atoms with Crippen molar-refractivity contribution in [1.29, 1.82) is 0 Å². The van der Waals surface area contributed by atoms with E-state index in [4.69, 9.17) is 0 Å². The minimum Gasteiger partial charge on any atom is -0.302 e. The zero-order chi connectivity index (χ0) is 16.9. The molecule has 0 aliphatic heterocycles. The molecule has 0 atom stereocenters. The molecule has 3 nitrogen and oxygen atoms in total. The van der Waals surface area contributed by atoms with Crippen molar-refractivity contribution in [2.75, 3.05) is 0 Å². The molecular formula is C18H20FN3S2. The summed E-state index contributed by atoms with van der Waals surface area (Å²) in [5.74, 6) is 1.48. The summed E-state index contributed by atoms with van der Waals surface area (Å²) in [5, 5.41) is 11.8. The summed E-state index contributed by atoms with van der Waals surface area (Å²) in [4.78, 5) is 1.39. The van der Waals surface area contributed by atoms with Crippen LogP contribution in [0, 0.1) is 5.82 Å². The summed E-state index contributed by atoms with van der Waals surface area (Å²) < 4.78 is 15.1. The van der Waals surface area contributed by atoms with Crippen LogP contribution in [-0.4, -0.2) is 14.8 Å². The second-order valence-corrected chi connectivity index (χ2v) is 7.46. The third kappa shape index (κ3) is 3.87. The van der Waals surface area contributed by atoms with E-state index in [1.165, 1.54) is 17.0 Å². The fourth-order valence-electron chi connectivity index (χ4n) is 2.50. The molecule has 6 heteroatoms. The third-order valence-electron chi connectivity index (χ3n) is 3.72. The zero-order valence-electron chi connectivity index (χ0n) is 13.8. The quantitative estimate of drug-likeness (QED) is 0.527. The van der Waals surface area contributed by atoms with Gasteiger partial charge in [-0.05, 0) is 37.1 Å². The van der Waals surface area contributed by atoms with Crippen molar-refractivity contribution in [1.82, 2.24) is 14.8 Å².